The summed E-state index contributed by atoms with van der Waals surface area (Å²) in [5.74, 6) is 0.00939. The number of benzodiazepines with no additional fused rings is 1. The average molecular weight is 469 g/mol. The molecular weight excluding hydrogens is 444 g/mol. The van der Waals surface area contributed by atoms with Gasteiger partial charge in [0.05, 0.1) is 18.0 Å². The van der Waals surface area contributed by atoms with Crippen molar-refractivity contribution in [2.24, 2.45) is 4.99 Å². The number of carbonyl (C=O) groups is 1. The van der Waals surface area contributed by atoms with Crippen LogP contribution >= 0.6 is 0 Å². The van der Waals surface area contributed by atoms with Gasteiger partial charge in [-0.25, -0.2) is 4.99 Å². The lowest BCUT2D eigenvalue weighted by Crippen LogP contribution is -2.32. The Morgan fingerprint density at radius 3 is 2.51 bits per heavy atom. The second kappa shape index (κ2) is 10.2. The van der Waals surface area contributed by atoms with E-state index >= 15 is 0 Å². The molecule has 0 unspecified atom stereocenters. The van der Waals surface area contributed by atoms with Gasteiger partial charge in [0.25, 0.3) is 5.91 Å². The summed E-state index contributed by atoms with van der Waals surface area (Å²) in [6, 6.07) is 25.0. The molecule has 0 radical (unpaired) electrons. The van der Waals surface area contributed by atoms with Gasteiger partial charge in [0.2, 0.25) is 12.1 Å². The maximum atomic E-state index is 13.0. The fraction of sp³-hybridized carbons (Fsp3) is 0.154. The summed E-state index contributed by atoms with van der Waals surface area (Å²) >= 11 is 0. The van der Waals surface area contributed by atoms with E-state index in [9.17, 15) is 4.79 Å². The van der Waals surface area contributed by atoms with Crippen molar-refractivity contribution in [3.8, 4) is 11.5 Å². The van der Waals surface area contributed by atoms with E-state index in [4.69, 9.17) is 14.1 Å². The summed E-state index contributed by atoms with van der Waals surface area (Å²) < 4.78 is 10.8. The fourth-order valence-corrected chi connectivity index (χ4v) is 3.72. The lowest BCUT2D eigenvalue weighted by molar-refractivity contribution is -0.116. The molecule has 35 heavy (non-hydrogen) atoms. The van der Waals surface area contributed by atoms with Crippen molar-refractivity contribution < 1.29 is 13.9 Å². The Balaban J connectivity index is 1.38. The third kappa shape index (κ3) is 5.04. The summed E-state index contributed by atoms with van der Waals surface area (Å²) in [5, 5.41) is 17.4. The van der Waals surface area contributed by atoms with Crippen LogP contribution in [-0.2, 0) is 9.53 Å². The molecule has 0 bridgehead atoms. The largest absolute Gasteiger partial charge is 0.403 e. The number of ether oxygens (including phenoxy) is 1. The molecule has 0 saturated carbocycles. The van der Waals surface area contributed by atoms with Crippen molar-refractivity contribution >= 4 is 29.0 Å². The zero-order chi connectivity index (χ0) is 24.0. The van der Waals surface area contributed by atoms with Gasteiger partial charge in [-0.2, -0.15) is 0 Å². The number of carbonyl (C=O) groups excluding carboxylic acids is 1. The summed E-state index contributed by atoms with van der Waals surface area (Å²) in [7, 11) is 1.66. The minimum atomic E-state index is -0.960. The predicted molar refractivity (Wildman–Crippen MR) is 135 cm³/mol. The number of methoxy groups -OCH3 is 1. The Labute approximate surface area is 202 Å². The smallest absolute Gasteiger partial charge is 0.317 e. The normalized spacial score (nSPS) is 14.9. The molecule has 0 spiro atoms. The molecule has 0 saturated heterocycles. The zero-order valence-electron chi connectivity index (χ0n) is 19.1. The summed E-state index contributed by atoms with van der Waals surface area (Å²) in [6.07, 6.45) is -0.960. The van der Waals surface area contributed by atoms with Crippen LogP contribution in [0.1, 0.15) is 11.1 Å². The third-order valence-electron chi connectivity index (χ3n) is 5.45. The number of nitrogens with zero attached hydrogens (tertiary/aromatic N) is 3. The highest BCUT2D eigenvalue weighted by atomic mass is 16.5. The van der Waals surface area contributed by atoms with Crippen molar-refractivity contribution in [3.05, 3.63) is 90.0 Å². The molecule has 3 N–H and O–H groups in total. The van der Waals surface area contributed by atoms with E-state index in [0.29, 0.717) is 30.4 Å². The van der Waals surface area contributed by atoms with Crippen molar-refractivity contribution in [1.29, 1.82) is 0 Å². The second-order valence-electron chi connectivity index (χ2n) is 7.83. The molecule has 9 nitrogen and oxygen atoms in total. The van der Waals surface area contributed by atoms with Gasteiger partial charge in [-0.3, -0.25) is 4.79 Å². The number of rotatable bonds is 8. The average Bonchev–Trinajstić information content (AvgIpc) is 3.31. The number of anilines is 3. The van der Waals surface area contributed by atoms with Crippen molar-refractivity contribution in [2.75, 3.05) is 36.2 Å². The summed E-state index contributed by atoms with van der Waals surface area (Å²) in [4.78, 5) is 17.7. The Kier molecular flexibility index (Phi) is 6.49. The monoisotopic (exact) mass is 468 g/mol. The number of hydrogen-bond acceptors (Lipinski definition) is 8. The Morgan fingerprint density at radius 2 is 1.71 bits per heavy atom. The number of fused-ring (bicyclic) bond motifs is 1. The molecule has 1 aliphatic heterocycles. The number of benzene rings is 3. The SMILES string of the molecule is COCCNc1ccc(-c2nnc(N[C@H]3N=C(c4ccccc4)c4ccccc4NC3=O)o2)cc1. The highest BCUT2D eigenvalue weighted by molar-refractivity contribution is 6.19. The Bertz CT molecular complexity index is 1330. The van der Waals surface area contributed by atoms with Gasteiger partial charge in [0.15, 0.2) is 0 Å². The predicted octanol–water partition coefficient (Wildman–Crippen LogP) is 4.02. The van der Waals surface area contributed by atoms with Crippen LogP contribution in [0.5, 0.6) is 0 Å². The molecule has 4 aromatic rings. The minimum Gasteiger partial charge on any atom is -0.403 e. The first-order valence-electron chi connectivity index (χ1n) is 11.2. The molecule has 3 aromatic carbocycles. The Hall–Kier alpha value is -4.50. The summed E-state index contributed by atoms with van der Waals surface area (Å²) in [6.45, 7) is 1.33. The van der Waals surface area contributed by atoms with Gasteiger partial charge in [0, 0.05) is 36.0 Å². The van der Waals surface area contributed by atoms with Crippen molar-refractivity contribution in [3.63, 3.8) is 0 Å². The molecule has 0 aliphatic carbocycles. The van der Waals surface area contributed by atoms with E-state index in [2.05, 4.69) is 26.1 Å². The highest BCUT2D eigenvalue weighted by Gasteiger charge is 2.27. The third-order valence-corrected chi connectivity index (χ3v) is 5.45. The van der Waals surface area contributed by atoms with E-state index in [1.165, 1.54) is 0 Å². The number of aromatic nitrogens is 2. The fourth-order valence-electron chi connectivity index (χ4n) is 3.72. The molecule has 0 fully saturated rings. The number of nitrogens with one attached hydrogen (secondary N) is 3. The number of aliphatic imine (C=N–C) groups is 1. The molecule has 1 aromatic heterocycles. The molecule has 5 rings (SSSR count). The molecule has 1 aliphatic rings. The van der Waals surface area contributed by atoms with Gasteiger partial charge < -0.3 is 25.1 Å². The zero-order valence-corrected chi connectivity index (χ0v) is 19.1. The molecule has 1 atom stereocenters. The van der Waals surface area contributed by atoms with Gasteiger partial charge in [-0.05, 0) is 30.3 Å². The first kappa shape index (κ1) is 22.3. The molecule has 2 heterocycles. The maximum Gasteiger partial charge on any atom is 0.317 e. The molecule has 1 amide bonds. The lowest BCUT2D eigenvalue weighted by Gasteiger charge is -2.11. The van der Waals surface area contributed by atoms with Gasteiger partial charge in [0.1, 0.15) is 0 Å². The Morgan fingerprint density at radius 1 is 0.943 bits per heavy atom. The van der Waals surface area contributed by atoms with Crippen molar-refractivity contribution in [2.45, 2.75) is 6.17 Å². The van der Waals surface area contributed by atoms with Crippen LogP contribution in [0.2, 0.25) is 0 Å². The lowest BCUT2D eigenvalue weighted by atomic mass is 10.0. The van der Waals surface area contributed by atoms with Gasteiger partial charge in [-0.15, -0.1) is 5.10 Å². The number of hydrogen-bond donors (Lipinski definition) is 3. The number of amides is 1. The standard InChI is InChI=1S/C26H24N6O3/c1-34-16-15-27-19-13-11-18(12-14-19)25-31-32-26(35-25)30-23-24(33)28-21-10-6-5-9-20(21)22(29-23)17-7-3-2-4-8-17/h2-14,23,27H,15-16H2,1H3,(H,28,33)(H,30,32)/t23-/m1/s1. The highest BCUT2D eigenvalue weighted by Crippen LogP contribution is 2.26. The topological polar surface area (TPSA) is 114 Å². The van der Waals surface area contributed by atoms with Gasteiger partial charge in [-0.1, -0.05) is 53.6 Å². The first-order valence-corrected chi connectivity index (χ1v) is 11.2. The van der Waals surface area contributed by atoms with Crippen molar-refractivity contribution in [1.82, 2.24) is 10.2 Å². The molecule has 176 valence electrons. The van der Waals surface area contributed by atoms with E-state index in [1.807, 2.05) is 78.9 Å². The van der Waals surface area contributed by atoms with Crippen LogP contribution in [0, 0.1) is 0 Å². The van der Waals surface area contributed by atoms with Crippen LogP contribution in [0.3, 0.4) is 0 Å². The van der Waals surface area contributed by atoms with Crippen LogP contribution in [0.15, 0.2) is 88.3 Å². The number of para-hydroxylation sites is 1. The van der Waals surface area contributed by atoms with E-state index < -0.39 is 6.17 Å². The summed E-state index contributed by atoms with van der Waals surface area (Å²) in [5.41, 5.74) is 4.83. The second-order valence-corrected chi connectivity index (χ2v) is 7.83. The van der Waals surface area contributed by atoms with E-state index in [0.717, 1.165) is 22.4 Å². The van der Waals surface area contributed by atoms with Crippen LogP contribution in [0.25, 0.3) is 11.5 Å². The van der Waals surface area contributed by atoms with Crippen LogP contribution in [0.4, 0.5) is 17.4 Å². The first-order chi connectivity index (χ1) is 17.2. The van der Waals surface area contributed by atoms with E-state index in [-0.39, 0.29) is 11.9 Å². The van der Waals surface area contributed by atoms with Gasteiger partial charge >= 0.3 is 6.01 Å². The molecular formula is C26H24N6O3. The van der Waals surface area contributed by atoms with E-state index in [1.54, 1.807) is 7.11 Å². The maximum absolute atomic E-state index is 13.0. The van der Waals surface area contributed by atoms with Crippen LogP contribution in [-0.4, -0.2) is 48.2 Å². The van der Waals surface area contributed by atoms with Crippen LogP contribution < -0.4 is 16.0 Å². The minimum absolute atomic E-state index is 0.101. The quantitative estimate of drug-likeness (QED) is 0.335. The molecule has 9 heteroatoms.